The molecule has 7 heteroatoms. The van der Waals surface area contributed by atoms with Gasteiger partial charge in [-0.15, -0.1) is 0 Å². The molecule has 124 valence electrons. The second kappa shape index (κ2) is 6.50. The molecule has 0 saturated carbocycles. The third kappa shape index (κ3) is 2.99. The highest BCUT2D eigenvalue weighted by atomic mass is 35.5. The van der Waals surface area contributed by atoms with Crippen LogP contribution in [0, 0.1) is 0 Å². The maximum Gasteiger partial charge on any atom is 0.356 e. The summed E-state index contributed by atoms with van der Waals surface area (Å²) in [7, 11) is 4.72. The number of carboxylic acid groups (broad SMARTS) is 1. The number of nitrogens with zero attached hydrogens (tertiary/aromatic N) is 2. The summed E-state index contributed by atoms with van der Waals surface area (Å²) in [5.74, 6) is 0.0395. The highest BCUT2D eigenvalue weighted by molar-refractivity contribution is 6.34. The summed E-state index contributed by atoms with van der Waals surface area (Å²) in [6.07, 6.45) is 0. The fourth-order valence-corrected chi connectivity index (χ4v) is 2.90. The normalized spacial score (nSPS) is 10.9. The predicted molar refractivity (Wildman–Crippen MR) is 87.8 cm³/mol. The monoisotopic (exact) mass is 338 g/mol. The fraction of sp³-hybridized carbons (Fsp3) is 0.375. The van der Waals surface area contributed by atoms with Gasteiger partial charge in [0.1, 0.15) is 0 Å². The van der Waals surface area contributed by atoms with Gasteiger partial charge in [0.05, 0.1) is 30.5 Å². The van der Waals surface area contributed by atoms with Gasteiger partial charge < -0.3 is 14.6 Å². The number of carboxylic acids is 1. The number of aromatic carboxylic acids is 1. The first-order valence-corrected chi connectivity index (χ1v) is 7.41. The van der Waals surface area contributed by atoms with Crippen molar-refractivity contribution in [2.75, 3.05) is 14.2 Å². The number of ether oxygens (including phenoxy) is 2. The van der Waals surface area contributed by atoms with Crippen molar-refractivity contribution in [3.63, 3.8) is 0 Å². The van der Waals surface area contributed by atoms with Crippen molar-refractivity contribution >= 4 is 17.6 Å². The molecule has 0 fully saturated rings. The number of benzene rings is 1. The number of methoxy groups -OCH3 is 2. The van der Waals surface area contributed by atoms with E-state index in [2.05, 4.69) is 5.10 Å². The second-order valence-electron chi connectivity index (χ2n) is 5.39. The van der Waals surface area contributed by atoms with E-state index in [-0.39, 0.29) is 11.6 Å². The van der Waals surface area contributed by atoms with Gasteiger partial charge >= 0.3 is 5.97 Å². The van der Waals surface area contributed by atoms with Crippen molar-refractivity contribution in [3.8, 4) is 22.8 Å². The van der Waals surface area contributed by atoms with Gasteiger partial charge in [-0.1, -0.05) is 25.4 Å². The summed E-state index contributed by atoms with van der Waals surface area (Å²) in [6, 6.07) is 3.30. The smallest absolute Gasteiger partial charge is 0.356 e. The van der Waals surface area contributed by atoms with Crippen LogP contribution in [0.4, 0.5) is 0 Å². The van der Waals surface area contributed by atoms with E-state index in [0.29, 0.717) is 27.8 Å². The largest absolute Gasteiger partial charge is 0.493 e. The molecule has 1 N–H and O–H groups in total. The Kier molecular flexibility index (Phi) is 4.85. The van der Waals surface area contributed by atoms with Gasteiger partial charge in [-0.2, -0.15) is 5.10 Å². The lowest BCUT2D eigenvalue weighted by Gasteiger charge is -2.19. The molecule has 0 spiro atoms. The predicted octanol–water partition coefficient (Wildman–Crippen LogP) is 3.58. The molecule has 2 rings (SSSR count). The number of carbonyl (C=O) groups is 1. The molecule has 0 aliphatic carbocycles. The van der Waals surface area contributed by atoms with Crippen molar-refractivity contribution < 1.29 is 19.4 Å². The van der Waals surface area contributed by atoms with E-state index in [1.54, 1.807) is 14.2 Å². The maximum absolute atomic E-state index is 11.2. The molecule has 0 saturated heterocycles. The lowest BCUT2D eigenvalue weighted by atomic mass is 9.97. The number of aromatic nitrogens is 2. The zero-order valence-electron chi connectivity index (χ0n) is 13.7. The Morgan fingerprint density at radius 2 is 1.96 bits per heavy atom. The molecule has 0 unspecified atom stereocenters. The van der Waals surface area contributed by atoms with E-state index < -0.39 is 5.97 Å². The van der Waals surface area contributed by atoms with Gasteiger partial charge in [0, 0.05) is 7.05 Å². The van der Waals surface area contributed by atoms with E-state index in [4.69, 9.17) is 26.2 Å². The van der Waals surface area contributed by atoms with Crippen LogP contribution >= 0.6 is 11.6 Å². The van der Waals surface area contributed by atoms with Crippen LogP contribution in [0.25, 0.3) is 11.3 Å². The Balaban J connectivity index is 2.83. The van der Waals surface area contributed by atoms with Gasteiger partial charge in [0.25, 0.3) is 0 Å². The number of rotatable bonds is 5. The Labute approximate surface area is 139 Å². The lowest BCUT2D eigenvalue weighted by Crippen LogP contribution is -2.02. The highest BCUT2D eigenvalue weighted by Crippen LogP contribution is 2.46. The van der Waals surface area contributed by atoms with E-state index >= 15 is 0 Å². The first-order chi connectivity index (χ1) is 10.8. The van der Waals surface area contributed by atoms with Crippen LogP contribution in [0.2, 0.25) is 5.02 Å². The molecular weight excluding hydrogens is 320 g/mol. The van der Waals surface area contributed by atoms with E-state index in [1.807, 2.05) is 19.9 Å². The lowest BCUT2D eigenvalue weighted by molar-refractivity contribution is 0.0689. The Morgan fingerprint density at radius 1 is 1.30 bits per heavy atom. The van der Waals surface area contributed by atoms with Crippen molar-refractivity contribution in [3.05, 3.63) is 28.4 Å². The molecule has 6 nitrogen and oxygen atoms in total. The summed E-state index contributed by atoms with van der Waals surface area (Å²) in [4.78, 5) is 11.2. The summed E-state index contributed by atoms with van der Waals surface area (Å²) in [6.45, 7) is 4.03. The molecule has 1 aromatic heterocycles. The summed E-state index contributed by atoms with van der Waals surface area (Å²) < 4.78 is 12.3. The highest BCUT2D eigenvalue weighted by Gasteiger charge is 2.24. The zero-order valence-corrected chi connectivity index (χ0v) is 14.4. The molecule has 0 bridgehead atoms. The molecule has 0 aliphatic heterocycles. The number of hydrogen-bond donors (Lipinski definition) is 1. The van der Waals surface area contributed by atoms with E-state index in [1.165, 1.54) is 17.9 Å². The summed E-state index contributed by atoms with van der Waals surface area (Å²) in [5.41, 5.74) is 1.94. The first-order valence-electron chi connectivity index (χ1n) is 7.03. The molecule has 0 aliphatic rings. The van der Waals surface area contributed by atoms with Crippen LogP contribution in [0.15, 0.2) is 12.1 Å². The van der Waals surface area contributed by atoms with Gasteiger partial charge in [-0.25, -0.2) is 4.79 Å². The van der Waals surface area contributed by atoms with Gasteiger partial charge in [0.2, 0.25) is 0 Å². The Bertz CT molecular complexity index is 753. The van der Waals surface area contributed by atoms with Gasteiger partial charge in [-0.05, 0) is 23.6 Å². The number of halogens is 1. The van der Waals surface area contributed by atoms with Crippen molar-refractivity contribution in [1.82, 2.24) is 9.78 Å². The maximum atomic E-state index is 11.2. The second-order valence-corrected chi connectivity index (χ2v) is 5.77. The van der Waals surface area contributed by atoms with Crippen LogP contribution in [0.5, 0.6) is 11.5 Å². The first kappa shape index (κ1) is 17.1. The number of hydrogen-bond acceptors (Lipinski definition) is 4. The summed E-state index contributed by atoms with van der Waals surface area (Å²) >= 11 is 6.59. The van der Waals surface area contributed by atoms with Crippen LogP contribution in [0.3, 0.4) is 0 Å². The topological polar surface area (TPSA) is 73.6 Å². The van der Waals surface area contributed by atoms with Crippen LogP contribution in [0.1, 0.15) is 35.8 Å². The van der Waals surface area contributed by atoms with E-state index in [9.17, 15) is 4.79 Å². The third-order valence-electron chi connectivity index (χ3n) is 3.61. The standard InChI is InChI=1S/C16H19ClN2O4/c1-8(2)9-6-12(22-4)15(23-5)13(14(9)17)11-7-10(16(20)21)18-19(11)3/h6-8H,1-5H3,(H,20,21). The molecule has 1 aromatic carbocycles. The molecule has 0 atom stereocenters. The Hall–Kier alpha value is -2.21. The SMILES string of the molecule is COc1cc(C(C)C)c(Cl)c(-c2cc(C(=O)O)nn2C)c1OC. The average molecular weight is 339 g/mol. The zero-order chi connectivity index (χ0) is 17.3. The fourth-order valence-electron chi connectivity index (χ4n) is 2.45. The minimum atomic E-state index is -1.10. The van der Waals surface area contributed by atoms with E-state index in [0.717, 1.165) is 5.56 Å². The van der Waals surface area contributed by atoms with Crippen molar-refractivity contribution in [2.45, 2.75) is 19.8 Å². The quantitative estimate of drug-likeness (QED) is 0.902. The average Bonchev–Trinajstić information content (AvgIpc) is 2.88. The van der Waals surface area contributed by atoms with Crippen LogP contribution in [-0.4, -0.2) is 35.1 Å². The number of aryl methyl sites for hydroxylation is 1. The van der Waals surface area contributed by atoms with Crippen LogP contribution < -0.4 is 9.47 Å². The van der Waals surface area contributed by atoms with Gasteiger partial charge in [0.15, 0.2) is 17.2 Å². The van der Waals surface area contributed by atoms with Gasteiger partial charge in [-0.3, -0.25) is 4.68 Å². The molecule has 1 heterocycles. The van der Waals surface area contributed by atoms with Crippen molar-refractivity contribution in [1.29, 1.82) is 0 Å². The molecule has 23 heavy (non-hydrogen) atoms. The van der Waals surface area contributed by atoms with Crippen LogP contribution in [-0.2, 0) is 7.05 Å². The molecular formula is C16H19ClN2O4. The molecule has 0 amide bonds. The molecule has 0 radical (unpaired) electrons. The minimum Gasteiger partial charge on any atom is -0.493 e. The minimum absolute atomic E-state index is 0.0606. The molecule has 2 aromatic rings. The Morgan fingerprint density at radius 3 is 2.39 bits per heavy atom. The summed E-state index contributed by atoms with van der Waals surface area (Å²) in [5, 5.41) is 13.6. The van der Waals surface area contributed by atoms with Crippen molar-refractivity contribution in [2.24, 2.45) is 7.05 Å². The third-order valence-corrected chi connectivity index (χ3v) is 4.02.